The Hall–Kier alpha value is -3.68. The fraction of sp³-hybridized carbons (Fsp3) is 0.391. The van der Waals surface area contributed by atoms with E-state index in [0.29, 0.717) is 5.56 Å². The molecule has 0 fully saturated rings. The highest BCUT2D eigenvalue weighted by Gasteiger charge is 2.63. The van der Waals surface area contributed by atoms with E-state index in [1.807, 2.05) is 6.07 Å². The van der Waals surface area contributed by atoms with Gasteiger partial charge in [0.15, 0.2) is 11.4 Å². The first-order valence-corrected chi connectivity index (χ1v) is 10.3. The van der Waals surface area contributed by atoms with Gasteiger partial charge in [-0.1, -0.05) is 0 Å². The van der Waals surface area contributed by atoms with Crippen LogP contribution in [-0.4, -0.2) is 68.5 Å². The van der Waals surface area contributed by atoms with Crippen molar-refractivity contribution in [2.24, 2.45) is 17.6 Å². The maximum atomic E-state index is 13.4. The zero-order valence-electron chi connectivity index (χ0n) is 18.2. The van der Waals surface area contributed by atoms with E-state index in [-0.39, 0.29) is 40.9 Å². The second kappa shape index (κ2) is 7.16. The summed E-state index contributed by atoms with van der Waals surface area (Å²) in [5, 5.41) is 53.5. The fourth-order valence-electron chi connectivity index (χ4n) is 5.55. The minimum Gasteiger partial charge on any atom is -0.510 e. The van der Waals surface area contributed by atoms with Gasteiger partial charge in [-0.25, -0.2) is 0 Å². The number of allylic oxidation sites excluding steroid dienone is 1. The second-order valence-corrected chi connectivity index (χ2v) is 9.02. The van der Waals surface area contributed by atoms with E-state index in [9.17, 15) is 40.1 Å². The van der Waals surface area contributed by atoms with E-state index in [1.165, 1.54) is 17.9 Å². The van der Waals surface area contributed by atoms with E-state index in [2.05, 4.69) is 0 Å². The summed E-state index contributed by atoms with van der Waals surface area (Å²) in [5.74, 6) is -7.08. The van der Waals surface area contributed by atoms with Crippen LogP contribution >= 0.6 is 0 Å². The summed E-state index contributed by atoms with van der Waals surface area (Å²) < 4.78 is 0. The first kappa shape index (κ1) is 22.5. The molecule has 33 heavy (non-hydrogen) atoms. The van der Waals surface area contributed by atoms with Crippen LogP contribution in [0.1, 0.15) is 33.5 Å². The number of nitriles is 1. The number of ketones is 2. The molecule has 1 amide bonds. The van der Waals surface area contributed by atoms with Gasteiger partial charge in [-0.2, -0.15) is 5.26 Å². The number of primary amides is 1. The molecular formula is C23H23N3O7. The van der Waals surface area contributed by atoms with Gasteiger partial charge in [0.25, 0.3) is 5.91 Å². The number of fused-ring (bicyclic) bond motifs is 3. The van der Waals surface area contributed by atoms with E-state index in [0.717, 1.165) is 0 Å². The maximum Gasteiger partial charge on any atom is 0.255 e. The molecule has 6 N–H and O–H groups in total. The highest BCUT2D eigenvalue weighted by atomic mass is 16.3. The number of Topliss-reactive ketones (excluding diaryl/α,β-unsaturated/α-hetero) is 2. The highest BCUT2D eigenvalue weighted by Crippen LogP contribution is 2.52. The number of rotatable bonds is 2. The molecule has 0 saturated carbocycles. The number of benzene rings is 1. The van der Waals surface area contributed by atoms with Gasteiger partial charge in [0.1, 0.15) is 22.8 Å². The molecule has 0 saturated heterocycles. The molecule has 0 bridgehead atoms. The lowest BCUT2D eigenvalue weighted by atomic mass is 9.58. The van der Waals surface area contributed by atoms with Crippen LogP contribution in [-0.2, 0) is 16.0 Å². The summed E-state index contributed by atoms with van der Waals surface area (Å²) in [5.41, 5.74) is 2.16. The number of hydrogen-bond acceptors (Lipinski definition) is 9. The average molecular weight is 453 g/mol. The normalized spacial score (nSPS) is 28.9. The molecule has 10 heteroatoms. The topological polar surface area (TPSA) is 185 Å². The van der Waals surface area contributed by atoms with Gasteiger partial charge in [0.2, 0.25) is 5.78 Å². The predicted octanol–water partition coefficient (Wildman–Crippen LogP) is 0.301. The molecule has 4 rings (SSSR count). The van der Waals surface area contributed by atoms with Gasteiger partial charge in [-0.3, -0.25) is 19.3 Å². The van der Waals surface area contributed by atoms with Crippen molar-refractivity contribution in [3.8, 4) is 11.8 Å². The minimum absolute atomic E-state index is 0.0226. The van der Waals surface area contributed by atoms with Crippen LogP contribution in [0, 0.1) is 30.1 Å². The van der Waals surface area contributed by atoms with Crippen molar-refractivity contribution in [3.05, 3.63) is 51.0 Å². The average Bonchev–Trinajstić information content (AvgIpc) is 2.72. The fourth-order valence-corrected chi connectivity index (χ4v) is 5.55. The Morgan fingerprint density at radius 1 is 1.27 bits per heavy atom. The molecule has 1 aromatic carbocycles. The monoisotopic (exact) mass is 453 g/mol. The number of amides is 1. The number of likely N-dealkylation sites (N-methyl/N-ethyl adjacent to an activating group) is 1. The Morgan fingerprint density at radius 2 is 1.91 bits per heavy atom. The number of carbonyl (C=O) groups is 3. The quantitative estimate of drug-likeness (QED) is 0.393. The molecule has 3 aliphatic carbocycles. The molecule has 0 spiro atoms. The molecule has 4 atom stereocenters. The number of hydrogen-bond donors (Lipinski definition) is 5. The molecule has 0 heterocycles. The van der Waals surface area contributed by atoms with Crippen molar-refractivity contribution in [2.45, 2.75) is 31.4 Å². The molecule has 1 aromatic rings. The van der Waals surface area contributed by atoms with Gasteiger partial charge >= 0.3 is 0 Å². The number of carbonyl (C=O) groups excluding carboxylic acids is 3. The van der Waals surface area contributed by atoms with Gasteiger partial charge in [0.05, 0.1) is 23.2 Å². The molecule has 3 aliphatic rings. The summed E-state index contributed by atoms with van der Waals surface area (Å²) in [6, 6.07) is 2.43. The Bertz CT molecular complexity index is 1250. The van der Waals surface area contributed by atoms with Gasteiger partial charge in [-0.15, -0.1) is 0 Å². The summed E-state index contributed by atoms with van der Waals surface area (Å²) in [6.45, 7) is 1.52. The van der Waals surface area contributed by atoms with Crippen molar-refractivity contribution in [1.82, 2.24) is 4.90 Å². The largest absolute Gasteiger partial charge is 0.510 e. The van der Waals surface area contributed by atoms with Crippen molar-refractivity contribution in [2.75, 3.05) is 14.1 Å². The molecule has 0 aliphatic heterocycles. The Morgan fingerprint density at radius 3 is 2.45 bits per heavy atom. The number of nitrogens with two attached hydrogens (primary N) is 1. The minimum atomic E-state index is -2.68. The maximum absolute atomic E-state index is 13.4. The standard InChI is InChI=1S/C23H23N3O7/c1-8-4-10(7-24)11-5-9-6-12-16(26(2)3)19(29)15(22(25)32)21(31)23(12,33)20(30)13(9)18(28)14(11)17(8)27/h4,9,12,16,27,29-30,33H,5-6H2,1-3H3,(H2,25,32)/t9-,12-,16-,23-/m0/s1. The Balaban J connectivity index is 2.00. The van der Waals surface area contributed by atoms with E-state index >= 15 is 0 Å². The Kier molecular flexibility index (Phi) is 4.89. The van der Waals surface area contributed by atoms with E-state index in [1.54, 1.807) is 14.1 Å². The lowest BCUT2D eigenvalue weighted by molar-refractivity contribution is -0.148. The van der Waals surface area contributed by atoms with Crippen LogP contribution in [0.5, 0.6) is 5.75 Å². The first-order chi connectivity index (χ1) is 15.4. The van der Waals surface area contributed by atoms with E-state index < -0.39 is 58.0 Å². The van der Waals surface area contributed by atoms with Crippen molar-refractivity contribution >= 4 is 17.5 Å². The van der Waals surface area contributed by atoms with E-state index in [4.69, 9.17) is 5.73 Å². The van der Waals surface area contributed by atoms with Gasteiger partial charge in [0, 0.05) is 11.5 Å². The third-order valence-corrected chi connectivity index (χ3v) is 7.03. The summed E-state index contributed by atoms with van der Waals surface area (Å²) in [4.78, 5) is 40.1. The SMILES string of the molecule is Cc1cc(C#N)c2c(c1O)C(=O)C1=C(O)[C@]3(O)C(=O)C(C(N)=O)=C(O)[C@@H](N(C)C)[C@@H]3C[C@@H]1C2. The number of nitrogens with zero attached hydrogens (tertiary/aromatic N) is 2. The van der Waals surface area contributed by atoms with Crippen LogP contribution in [0.3, 0.4) is 0 Å². The van der Waals surface area contributed by atoms with Gasteiger partial charge in [-0.05, 0) is 57.0 Å². The number of aromatic hydroxyl groups is 1. The van der Waals surface area contributed by atoms with Crippen LogP contribution in [0.15, 0.2) is 28.7 Å². The number of aliphatic hydroxyl groups is 3. The lowest BCUT2D eigenvalue weighted by Crippen LogP contribution is -2.63. The third kappa shape index (κ3) is 2.76. The lowest BCUT2D eigenvalue weighted by Gasteiger charge is -2.50. The molecular weight excluding hydrogens is 430 g/mol. The zero-order valence-corrected chi connectivity index (χ0v) is 18.2. The molecule has 0 unspecified atom stereocenters. The van der Waals surface area contributed by atoms with Crippen LogP contribution < -0.4 is 5.73 Å². The molecule has 0 radical (unpaired) electrons. The number of aryl methyl sites for hydroxylation is 1. The van der Waals surface area contributed by atoms with Crippen molar-refractivity contribution < 1.29 is 34.8 Å². The predicted molar refractivity (Wildman–Crippen MR) is 113 cm³/mol. The number of phenolic OH excluding ortho intramolecular Hbond substituents is 1. The number of aliphatic hydroxyl groups excluding tert-OH is 2. The van der Waals surface area contributed by atoms with Crippen LogP contribution in [0.4, 0.5) is 0 Å². The molecule has 10 nitrogen and oxygen atoms in total. The first-order valence-electron chi connectivity index (χ1n) is 10.3. The van der Waals surface area contributed by atoms with Gasteiger partial charge < -0.3 is 26.2 Å². The number of phenols is 1. The zero-order chi connectivity index (χ0) is 24.6. The van der Waals surface area contributed by atoms with Crippen LogP contribution in [0.25, 0.3) is 0 Å². The second-order valence-electron chi connectivity index (χ2n) is 9.02. The van der Waals surface area contributed by atoms with Crippen molar-refractivity contribution in [3.63, 3.8) is 0 Å². The highest BCUT2D eigenvalue weighted by molar-refractivity contribution is 6.24. The summed E-state index contributed by atoms with van der Waals surface area (Å²) in [7, 11) is 3.11. The molecule has 0 aromatic heterocycles. The smallest absolute Gasteiger partial charge is 0.255 e. The third-order valence-electron chi connectivity index (χ3n) is 7.03. The molecule has 172 valence electrons. The van der Waals surface area contributed by atoms with Crippen LogP contribution in [0.2, 0.25) is 0 Å². The Labute approximate surface area is 188 Å². The van der Waals surface area contributed by atoms with Crippen molar-refractivity contribution in [1.29, 1.82) is 5.26 Å². The summed E-state index contributed by atoms with van der Waals surface area (Å²) >= 11 is 0. The summed E-state index contributed by atoms with van der Waals surface area (Å²) in [6.07, 6.45) is 0.0660.